The van der Waals surface area contributed by atoms with Crippen LogP contribution in [-0.2, 0) is 6.18 Å². The van der Waals surface area contributed by atoms with E-state index in [0.29, 0.717) is 5.82 Å². The highest BCUT2D eigenvalue weighted by atomic mass is 19.4. The van der Waals surface area contributed by atoms with Gasteiger partial charge in [0.25, 0.3) is 0 Å². The Bertz CT molecular complexity index is 1200. The highest BCUT2D eigenvalue weighted by molar-refractivity contribution is 5.82. The number of rotatable bonds is 5. The summed E-state index contributed by atoms with van der Waals surface area (Å²) in [5.74, 6) is 0.356. The minimum absolute atomic E-state index is 0.145. The topological polar surface area (TPSA) is 72.0 Å². The van der Waals surface area contributed by atoms with Crippen LogP contribution in [0.1, 0.15) is 5.56 Å². The number of benzene rings is 2. The number of halogens is 3. The van der Waals surface area contributed by atoms with E-state index >= 15 is 0 Å². The van der Waals surface area contributed by atoms with Crippen molar-refractivity contribution in [3.63, 3.8) is 0 Å². The van der Waals surface area contributed by atoms with Crippen molar-refractivity contribution >= 4 is 34.0 Å². The molecule has 0 atom stereocenters. The van der Waals surface area contributed by atoms with Gasteiger partial charge in [0.1, 0.15) is 11.6 Å². The summed E-state index contributed by atoms with van der Waals surface area (Å²) >= 11 is 0. The number of para-hydroxylation sites is 1. The molecule has 0 unspecified atom stereocenters. The Balaban J connectivity index is 1.56. The number of hydrogen-bond donors (Lipinski definition) is 2. The number of pyridine rings is 1. The lowest BCUT2D eigenvalue weighted by Gasteiger charge is -2.14. The van der Waals surface area contributed by atoms with E-state index in [1.807, 2.05) is 30.3 Å². The number of anilines is 4. The second-order valence-corrected chi connectivity index (χ2v) is 6.35. The quantitative estimate of drug-likeness (QED) is 0.449. The summed E-state index contributed by atoms with van der Waals surface area (Å²) in [5.41, 5.74) is 0.898. The zero-order valence-corrected chi connectivity index (χ0v) is 15.7. The van der Waals surface area contributed by atoms with Crippen molar-refractivity contribution in [2.75, 3.05) is 17.7 Å². The zero-order valence-electron chi connectivity index (χ0n) is 15.7. The third-order valence-corrected chi connectivity index (χ3v) is 4.28. The van der Waals surface area contributed by atoms with Crippen LogP contribution in [0.2, 0.25) is 0 Å². The van der Waals surface area contributed by atoms with Crippen LogP contribution >= 0.6 is 0 Å². The van der Waals surface area contributed by atoms with Crippen molar-refractivity contribution < 1.29 is 17.9 Å². The molecule has 6 nitrogen and oxygen atoms in total. The predicted octanol–water partition coefficient (Wildman–Crippen LogP) is 5.54. The third kappa shape index (κ3) is 4.24. The van der Waals surface area contributed by atoms with E-state index < -0.39 is 11.7 Å². The molecule has 0 saturated heterocycles. The zero-order chi connectivity index (χ0) is 21.1. The van der Waals surface area contributed by atoms with Crippen molar-refractivity contribution in [1.29, 1.82) is 0 Å². The molecular weight excluding hydrogens is 395 g/mol. The van der Waals surface area contributed by atoms with Crippen LogP contribution < -0.4 is 15.4 Å². The Hall–Kier alpha value is -3.88. The van der Waals surface area contributed by atoms with Gasteiger partial charge in [-0.1, -0.05) is 18.2 Å². The normalized spacial score (nSPS) is 11.3. The van der Waals surface area contributed by atoms with E-state index in [4.69, 9.17) is 4.74 Å². The number of hydrogen-bond acceptors (Lipinski definition) is 6. The molecule has 0 amide bonds. The predicted molar refractivity (Wildman–Crippen MR) is 108 cm³/mol. The standard InChI is InChI=1S/C21H16F3N5O/c1-30-18-7-6-14(11-16(18)21(22,23)24)28-20-25-9-8-19(29-20)27-15-10-13-4-2-3-5-17(13)26-12-15/h2-12H,1H3,(H2,25,27,28,29). The SMILES string of the molecule is COc1ccc(Nc2nccc(Nc3cnc4ccccc4c3)n2)cc1C(F)(F)F. The van der Waals surface area contributed by atoms with Crippen LogP contribution in [-0.4, -0.2) is 22.1 Å². The Morgan fingerprint density at radius 1 is 0.900 bits per heavy atom. The highest BCUT2D eigenvalue weighted by Crippen LogP contribution is 2.38. The Morgan fingerprint density at radius 3 is 2.53 bits per heavy atom. The molecule has 2 aromatic carbocycles. The number of nitrogens with zero attached hydrogens (tertiary/aromatic N) is 3. The molecule has 0 saturated carbocycles. The van der Waals surface area contributed by atoms with Gasteiger partial charge in [0.05, 0.1) is 30.1 Å². The molecule has 0 spiro atoms. The summed E-state index contributed by atoms with van der Waals surface area (Å²) in [5, 5.41) is 6.88. The van der Waals surface area contributed by atoms with Gasteiger partial charge in [-0.15, -0.1) is 0 Å². The molecule has 0 fully saturated rings. The van der Waals surface area contributed by atoms with Gasteiger partial charge in [0.15, 0.2) is 0 Å². The molecule has 0 aliphatic carbocycles. The lowest BCUT2D eigenvalue weighted by Crippen LogP contribution is -2.08. The van der Waals surface area contributed by atoms with Gasteiger partial charge in [-0.05, 0) is 36.4 Å². The van der Waals surface area contributed by atoms with Crippen molar-refractivity contribution in [3.05, 3.63) is 72.6 Å². The fourth-order valence-corrected chi connectivity index (χ4v) is 2.91. The van der Waals surface area contributed by atoms with Gasteiger partial charge < -0.3 is 15.4 Å². The monoisotopic (exact) mass is 411 g/mol. The van der Waals surface area contributed by atoms with Gasteiger partial charge in [-0.2, -0.15) is 18.2 Å². The molecular formula is C21H16F3N5O. The van der Waals surface area contributed by atoms with Gasteiger partial charge in [-0.3, -0.25) is 4.98 Å². The molecule has 152 valence electrons. The number of ether oxygens (including phenoxy) is 1. The second-order valence-electron chi connectivity index (χ2n) is 6.35. The molecule has 2 aromatic heterocycles. The second kappa shape index (κ2) is 7.86. The molecule has 0 aliphatic rings. The average molecular weight is 411 g/mol. The van der Waals surface area contributed by atoms with Gasteiger partial charge in [0.2, 0.25) is 5.95 Å². The minimum Gasteiger partial charge on any atom is -0.496 e. The molecule has 0 bridgehead atoms. The number of aromatic nitrogens is 3. The fourth-order valence-electron chi connectivity index (χ4n) is 2.91. The summed E-state index contributed by atoms with van der Waals surface area (Å²) in [7, 11) is 1.19. The molecule has 9 heteroatoms. The maximum atomic E-state index is 13.2. The fraction of sp³-hybridized carbons (Fsp3) is 0.0952. The van der Waals surface area contributed by atoms with Crippen molar-refractivity contribution in [3.8, 4) is 5.75 Å². The summed E-state index contributed by atoms with van der Waals surface area (Å²) in [6.45, 7) is 0. The lowest BCUT2D eigenvalue weighted by molar-refractivity contribution is -0.138. The molecule has 4 rings (SSSR count). The first-order valence-electron chi connectivity index (χ1n) is 8.89. The summed E-state index contributed by atoms with van der Waals surface area (Å²) in [6, 6.07) is 14.9. The maximum Gasteiger partial charge on any atom is 0.420 e. The highest BCUT2D eigenvalue weighted by Gasteiger charge is 2.34. The number of nitrogens with one attached hydrogen (secondary N) is 2. The summed E-state index contributed by atoms with van der Waals surface area (Å²) < 4.78 is 44.4. The Morgan fingerprint density at radius 2 is 1.73 bits per heavy atom. The number of methoxy groups -OCH3 is 1. The number of alkyl halides is 3. The van der Waals surface area contributed by atoms with Crippen LogP contribution in [0.25, 0.3) is 10.9 Å². The summed E-state index contributed by atoms with van der Waals surface area (Å²) in [4.78, 5) is 12.8. The molecule has 0 aliphatic heterocycles. The minimum atomic E-state index is -4.55. The van der Waals surface area contributed by atoms with E-state index in [0.717, 1.165) is 22.7 Å². The van der Waals surface area contributed by atoms with Crippen molar-refractivity contribution in [2.45, 2.75) is 6.18 Å². The first-order chi connectivity index (χ1) is 14.4. The van der Waals surface area contributed by atoms with Gasteiger partial charge in [0, 0.05) is 17.3 Å². The van der Waals surface area contributed by atoms with Crippen LogP contribution in [0.5, 0.6) is 5.75 Å². The smallest absolute Gasteiger partial charge is 0.420 e. The lowest BCUT2D eigenvalue weighted by atomic mass is 10.1. The van der Waals surface area contributed by atoms with Gasteiger partial charge >= 0.3 is 6.18 Å². The van der Waals surface area contributed by atoms with Crippen LogP contribution in [0, 0.1) is 0 Å². The van der Waals surface area contributed by atoms with Crippen LogP contribution in [0.15, 0.2) is 67.0 Å². The van der Waals surface area contributed by atoms with E-state index in [1.54, 1.807) is 12.3 Å². The van der Waals surface area contributed by atoms with Crippen molar-refractivity contribution in [2.24, 2.45) is 0 Å². The average Bonchev–Trinajstić information content (AvgIpc) is 2.73. The molecule has 0 radical (unpaired) electrons. The van der Waals surface area contributed by atoms with Gasteiger partial charge in [-0.25, -0.2) is 4.98 Å². The Kier molecular flexibility index (Phi) is 5.09. The van der Waals surface area contributed by atoms with E-state index in [1.165, 1.54) is 25.4 Å². The third-order valence-electron chi connectivity index (χ3n) is 4.28. The number of fused-ring (bicyclic) bond motifs is 1. The molecule has 2 heterocycles. The first-order valence-corrected chi connectivity index (χ1v) is 8.89. The Labute approximate surface area is 169 Å². The molecule has 4 aromatic rings. The van der Waals surface area contributed by atoms with Crippen molar-refractivity contribution in [1.82, 2.24) is 15.0 Å². The molecule has 30 heavy (non-hydrogen) atoms. The van der Waals surface area contributed by atoms with E-state index in [9.17, 15) is 13.2 Å². The van der Waals surface area contributed by atoms with Crippen LogP contribution in [0.3, 0.4) is 0 Å². The van der Waals surface area contributed by atoms with E-state index in [-0.39, 0.29) is 17.4 Å². The van der Waals surface area contributed by atoms with E-state index in [2.05, 4.69) is 25.6 Å². The summed E-state index contributed by atoms with van der Waals surface area (Å²) in [6.07, 6.45) is -1.37. The van der Waals surface area contributed by atoms with Crippen LogP contribution in [0.4, 0.5) is 36.3 Å². The first kappa shape index (κ1) is 19.4. The molecule has 2 N–H and O–H groups in total. The largest absolute Gasteiger partial charge is 0.496 e. The maximum absolute atomic E-state index is 13.2.